The zero-order valence-corrected chi connectivity index (χ0v) is 26.8. The van der Waals surface area contributed by atoms with Gasteiger partial charge in [0.15, 0.2) is 28.8 Å². The predicted octanol–water partition coefficient (Wildman–Crippen LogP) is 10.5. The molecule has 5 aromatic carbocycles. The molecule has 6 nitrogen and oxygen atoms in total. The number of benzene rings is 5. The van der Waals surface area contributed by atoms with E-state index in [4.69, 9.17) is 19.5 Å². The topological polar surface area (TPSA) is 60.1 Å². The van der Waals surface area contributed by atoms with Gasteiger partial charge in [0.25, 0.3) is 0 Å². The average Bonchev–Trinajstić information content (AvgIpc) is 3.50. The minimum absolute atomic E-state index is 0.238. The summed E-state index contributed by atoms with van der Waals surface area (Å²) in [6.45, 7) is 0. The van der Waals surface area contributed by atoms with Crippen molar-refractivity contribution in [2.45, 2.75) is 31.8 Å². The fourth-order valence-electron chi connectivity index (χ4n) is 7.42. The Morgan fingerprint density at radius 3 is 2.35 bits per heavy atom. The van der Waals surface area contributed by atoms with Gasteiger partial charge < -0.3 is 19.4 Å². The van der Waals surface area contributed by atoms with E-state index in [2.05, 4.69) is 107 Å². The largest absolute Gasteiger partial charge is 0.449 e. The Hall–Kier alpha value is -6.14. The summed E-state index contributed by atoms with van der Waals surface area (Å²) < 4.78 is 15.4. The second-order valence-electron chi connectivity index (χ2n) is 12.8. The van der Waals surface area contributed by atoms with Crippen LogP contribution in [0.5, 0.6) is 23.0 Å². The first-order valence-corrected chi connectivity index (χ1v) is 17.0. The third-order valence-electron chi connectivity index (χ3n) is 9.77. The van der Waals surface area contributed by atoms with Crippen molar-refractivity contribution < 1.29 is 9.47 Å². The van der Waals surface area contributed by atoms with Crippen molar-refractivity contribution in [3.63, 3.8) is 0 Å². The van der Waals surface area contributed by atoms with Gasteiger partial charge in [-0.3, -0.25) is 0 Å². The summed E-state index contributed by atoms with van der Waals surface area (Å²) in [6.07, 6.45) is 14.9. The van der Waals surface area contributed by atoms with Crippen LogP contribution in [0.15, 0.2) is 155 Å². The van der Waals surface area contributed by atoms with Crippen LogP contribution in [0.25, 0.3) is 38.3 Å². The van der Waals surface area contributed by atoms with Crippen LogP contribution in [0.2, 0.25) is 0 Å². The first kappa shape index (κ1) is 27.9. The molecular formula is C43H32N4O2. The summed E-state index contributed by atoms with van der Waals surface area (Å²) in [4.78, 5) is 10.2. The van der Waals surface area contributed by atoms with Crippen molar-refractivity contribution in [3.05, 3.63) is 150 Å². The lowest BCUT2D eigenvalue weighted by molar-refractivity contribution is 0.363. The van der Waals surface area contributed by atoms with Crippen molar-refractivity contribution in [1.82, 2.24) is 9.88 Å². The van der Waals surface area contributed by atoms with E-state index in [9.17, 15) is 0 Å². The maximum Gasteiger partial charge on any atom is 0.180 e. The Balaban J connectivity index is 1.13. The average molecular weight is 637 g/mol. The Kier molecular flexibility index (Phi) is 6.40. The van der Waals surface area contributed by atoms with E-state index < -0.39 is 0 Å². The molecule has 49 heavy (non-hydrogen) atoms. The molecule has 0 saturated carbocycles. The molecule has 2 aliphatic carbocycles. The van der Waals surface area contributed by atoms with Crippen LogP contribution < -0.4 is 14.8 Å². The van der Waals surface area contributed by atoms with Gasteiger partial charge in [-0.1, -0.05) is 91.0 Å². The molecule has 0 radical (unpaired) electrons. The number of amidine groups is 2. The lowest BCUT2D eigenvalue weighted by atomic mass is 9.98. The Morgan fingerprint density at radius 1 is 0.714 bits per heavy atom. The third kappa shape index (κ3) is 4.71. The molecule has 6 heteroatoms. The number of nitrogens with zero attached hydrogens (tertiary/aromatic N) is 3. The number of allylic oxidation sites excluding steroid dienone is 5. The molecule has 1 unspecified atom stereocenters. The van der Waals surface area contributed by atoms with E-state index in [0.29, 0.717) is 0 Å². The standard InChI is InChI=1S/C43H32N4O2/c1-3-12-27(13-4-1)41-44-42(28-14-5-2-6-15-28)46-43(45-41)31-18-11-19-32(24-31)47-34-22-23-38-40(49-37-21-10-9-20-36(37)48-38)39(34)33-25-29-16-7-8-17-30(29)26-35(33)47/h1,3-5,7-10,12-17,19-26,43H,2,6,11,18H2,(H,44,45,46). The zero-order chi connectivity index (χ0) is 32.3. The molecule has 1 aromatic heterocycles. The summed E-state index contributed by atoms with van der Waals surface area (Å²) in [5.74, 6) is 4.54. The second-order valence-corrected chi connectivity index (χ2v) is 12.8. The molecule has 6 aromatic rings. The van der Waals surface area contributed by atoms with Crippen molar-refractivity contribution in [2.24, 2.45) is 9.98 Å². The molecule has 1 N–H and O–H groups in total. The number of aliphatic imine (C=N–C) groups is 2. The number of aromatic nitrogens is 1. The monoisotopic (exact) mass is 636 g/mol. The highest BCUT2D eigenvalue weighted by Crippen LogP contribution is 2.51. The van der Waals surface area contributed by atoms with Crippen LogP contribution in [0.1, 0.15) is 31.2 Å². The van der Waals surface area contributed by atoms with E-state index >= 15 is 0 Å². The molecule has 0 saturated heterocycles. The quantitative estimate of drug-likeness (QED) is 0.209. The summed E-state index contributed by atoms with van der Waals surface area (Å²) in [6, 6.07) is 35.5. The molecule has 3 heterocycles. The zero-order valence-electron chi connectivity index (χ0n) is 26.8. The Morgan fingerprint density at radius 2 is 1.51 bits per heavy atom. The van der Waals surface area contributed by atoms with Gasteiger partial charge in [-0.05, 0) is 84.5 Å². The molecule has 236 valence electrons. The number of para-hydroxylation sites is 2. The fourth-order valence-corrected chi connectivity index (χ4v) is 7.42. The number of fused-ring (bicyclic) bond motifs is 7. The minimum Gasteiger partial charge on any atom is -0.449 e. The molecule has 10 rings (SSSR count). The van der Waals surface area contributed by atoms with E-state index in [0.717, 1.165) is 99.0 Å². The van der Waals surface area contributed by atoms with E-state index in [-0.39, 0.29) is 6.17 Å². The first-order chi connectivity index (χ1) is 24.3. The van der Waals surface area contributed by atoms with Crippen LogP contribution in [0.3, 0.4) is 0 Å². The van der Waals surface area contributed by atoms with Gasteiger partial charge in [-0.15, -0.1) is 0 Å². The SMILES string of the molecule is C1=CC(C2=NC(C3=CC(n4c5cc6ccccc6cc5c5c6c(ccc54)Oc4ccccc4O6)=CCC3)NC(c3ccccc3)=N2)=CCC1. The normalized spacial score (nSPS) is 18.3. The number of hydrogen-bond acceptors (Lipinski definition) is 5. The summed E-state index contributed by atoms with van der Waals surface area (Å²) in [5, 5.41) is 8.24. The maximum atomic E-state index is 6.63. The van der Waals surface area contributed by atoms with E-state index in [1.807, 2.05) is 36.4 Å². The highest BCUT2D eigenvalue weighted by atomic mass is 16.6. The highest BCUT2D eigenvalue weighted by molar-refractivity contribution is 6.18. The number of rotatable bonds is 4. The van der Waals surface area contributed by atoms with Crippen LogP contribution >= 0.6 is 0 Å². The summed E-state index contributed by atoms with van der Waals surface area (Å²) in [7, 11) is 0. The van der Waals surface area contributed by atoms with E-state index in [1.165, 1.54) is 16.3 Å². The predicted molar refractivity (Wildman–Crippen MR) is 199 cm³/mol. The van der Waals surface area contributed by atoms with Crippen molar-refractivity contribution >= 4 is 49.9 Å². The van der Waals surface area contributed by atoms with Gasteiger partial charge in [0.05, 0.1) is 16.4 Å². The van der Waals surface area contributed by atoms with Gasteiger partial charge >= 0.3 is 0 Å². The Labute approximate surface area is 283 Å². The Bertz CT molecular complexity index is 2530. The van der Waals surface area contributed by atoms with Crippen LogP contribution in [0, 0.1) is 0 Å². The fraction of sp³-hybridized carbons (Fsp3) is 0.116. The molecule has 0 amide bonds. The van der Waals surface area contributed by atoms with Crippen LogP contribution in [0.4, 0.5) is 0 Å². The molecule has 0 fully saturated rings. The van der Waals surface area contributed by atoms with Crippen LogP contribution in [-0.4, -0.2) is 22.4 Å². The van der Waals surface area contributed by atoms with Crippen molar-refractivity contribution in [1.29, 1.82) is 0 Å². The third-order valence-corrected chi connectivity index (χ3v) is 9.77. The molecule has 1 atom stereocenters. The minimum atomic E-state index is -0.238. The van der Waals surface area contributed by atoms with E-state index in [1.54, 1.807) is 0 Å². The first-order valence-electron chi connectivity index (χ1n) is 17.0. The summed E-state index contributed by atoms with van der Waals surface area (Å²) in [5.41, 5.74) is 6.67. The maximum absolute atomic E-state index is 6.63. The highest BCUT2D eigenvalue weighted by Gasteiger charge is 2.28. The van der Waals surface area contributed by atoms with Gasteiger partial charge in [0.1, 0.15) is 12.0 Å². The lowest BCUT2D eigenvalue weighted by Crippen LogP contribution is -2.40. The number of ether oxygens (including phenoxy) is 2. The molecule has 4 aliphatic rings. The van der Waals surface area contributed by atoms with Crippen LogP contribution in [-0.2, 0) is 0 Å². The number of hydrogen-bond donors (Lipinski definition) is 1. The lowest BCUT2D eigenvalue weighted by Gasteiger charge is -2.28. The van der Waals surface area contributed by atoms with Gasteiger partial charge in [-0.25, -0.2) is 9.98 Å². The smallest absolute Gasteiger partial charge is 0.180 e. The summed E-state index contributed by atoms with van der Waals surface area (Å²) >= 11 is 0. The molecule has 2 aliphatic heterocycles. The molecule has 0 spiro atoms. The molecule has 0 bridgehead atoms. The second kappa shape index (κ2) is 11.2. The molecular weight excluding hydrogens is 604 g/mol. The van der Waals surface area contributed by atoms with Gasteiger partial charge in [-0.2, -0.15) is 0 Å². The van der Waals surface area contributed by atoms with Crippen molar-refractivity contribution in [2.75, 3.05) is 0 Å². The van der Waals surface area contributed by atoms with Gasteiger partial charge in [0.2, 0.25) is 0 Å². The number of nitrogens with one attached hydrogen (secondary N) is 1. The van der Waals surface area contributed by atoms with Gasteiger partial charge in [0, 0.05) is 22.2 Å². The van der Waals surface area contributed by atoms with Crippen molar-refractivity contribution in [3.8, 4) is 23.0 Å².